The molecule has 7 nitrogen and oxygen atoms in total. The molecule has 25 heavy (non-hydrogen) atoms. The SMILES string of the molecule is C#Cc1cccc(Nc2nc(Cl)nc3cc(Cl)c([N+](=O)[O-])cc23)c1.O. The van der Waals surface area contributed by atoms with Gasteiger partial charge in [0, 0.05) is 17.3 Å². The molecule has 0 saturated carbocycles. The molecule has 0 aliphatic carbocycles. The maximum atomic E-state index is 11.1. The number of aromatic nitrogens is 2. The quantitative estimate of drug-likeness (QED) is 0.323. The van der Waals surface area contributed by atoms with Crippen LogP contribution >= 0.6 is 23.2 Å². The maximum Gasteiger partial charge on any atom is 0.288 e. The molecule has 3 rings (SSSR count). The average Bonchev–Trinajstić information content (AvgIpc) is 2.54. The topological polar surface area (TPSA) is 112 Å². The third kappa shape index (κ3) is 3.78. The number of fused-ring (bicyclic) bond motifs is 1. The van der Waals surface area contributed by atoms with Crippen LogP contribution in [-0.2, 0) is 0 Å². The molecule has 0 amide bonds. The summed E-state index contributed by atoms with van der Waals surface area (Å²) in [5.74, 6) is 2.85. The van der Waals surface area contributed by atoms with Crippen LogP contribution in [0.25, 0.3) is 10.9 Å². The van der Waals surface area contributed by atoms with Crippen molar-refractivity contribution in [3.63, 3.8) is 0 Å². The molecule has 1 aromatic heterocycles. The van der Waals surface area contributed by atoms with Crippen LogP contribution in [0, 0.1) is 22.5 Å². The lowest BCUT2D eigenvalue weighted by molar-refractivity contribution is -0.384. The molecular formula is C16H10Cl2N4O3. The third-order valence-electron chi connectivity index (χ3n) is 3.23. The van der Waals surface area contributed by atoms with Crippen LogP contribution in [0.3, 0.4) is 0 Å². The highest BCUT2D eigenvalue weighted by atomic mass is 35.5. The Morgan fingerprint density at radius 3 is 2.64 bits per heavy atom. The van der Waals surface area contributed by atoms with Crippen molar-refractivity contribution in [2.45, 2.75) is 0 Å². The van der Waals surface area contributed by atoms with E-state index in [4.69, 9.17) is 29.6 Å². The molecule has 2 aromatic carbocycles. The second-order valence-electron chi connectivity index (χ2n) is 4.77. The number of nitrogens with zero attached hydrogens (tertiary/aromatic N) is 3. The average molecular weight is 377 g/mol. The van der Waals surface area contributed by atoms with Crippen LogP contribution in [0.2, 0.25) is 10.3 Å². The Hall–Kier alpha value is -2.92. The van der Waals surface area contributed by atoms with Gasteiger partial charge < -0.3 is 10.8 Å². The van der Waals surface area contributed by atoms with E-state index >= 15 is 0 Å². The Labute approximate surface area is 152 Å². The van der Waals surface area contributed by atoms with Crippen molar-refractivity contribution < 1.29 is 10.4 Å². The highest BCUT2D eigenvalue weighted by Crippen LogP contribution is 2.33. The monoisotopic (exact) mass is 376 g/mol. The molecule has 126 valence electrons. The van der Waals surface area contributed by atoms with Gasteiger partial charge in [-0.1, -0.05) is 23.6 Å². The van der Waals surface area contributed by atoms with E-state index in [2.05, 4.69) is 21.2 Å². The van der Waals surface area contributed by atoms with Crippen LogP contribution in [0.1, 0.15) is 5.56 Å². The summed E-state index contributed by atoms with van der Waals surface area (Å²) in [4.78, 5) is 18.7. The first kappa shape index (κ1) is 18.4. The first-order valence-electron chi connectivity index (χ1n) is 6.63. The number of terminal acetylenes is 1. The fraction of sp³-hybridized carbons (Fsp3) is 0. The number of nitro groups is 1. The van der Waals surface area contributed by atoms with Gasteiger partial charge in [0.1, 0.15) is 10.8 Å². The predicted molar refractivity (Wildman–Crippen MR) is 97.5 cm³/mol. The molecule has 0 unspecified atom stereocenters. The fourth-order valence-corrected chi connectivity index (χ4v) is 2.57. The molecule has 0 fully saturated rings. The molecule has 3 aromatic rings. The van der Waals surface area contributed by atoms with Gasteiger partial charge in [-0.2, -0.15) is 4.98 Å². The van der Waals surface area contributed by atoms with E-state index in [1.807, 2.05) is 0 Å². The zero-order valence-electron chi connectivity index (χ0n) is 12.5. The summed E-state index contributed by atoms with van der Waals surface area (Å²) in [5, 5.41) is 14.5. The van der Waals surface area contributed by atoms with Gasteiger partial charge in [0.2, 0.25) is 5.28 Å². The Balaban J connectivity index is 0.00000225. The minimum atomic E-state index is -0.570. The standard InChI is InChI=1S/C16H8Cl2N4O2.H2O/c1-2-9-4-3-5-10(6-9)19-15-11-7-14(22(23)24)12(17)8-13(11)20-16(18)21-15;/h1,3-8H,(H,19,20,21);1H2. The molecule has 0 saturated heterocycles. The summed E-state index contributed by atoms with van der Waals surface area (Å²) >= 11 is 11.8. The molecule has 0 aliphatic rings. The smallest absolute Gasteiger partial charge is 0.288 e. The van der Waals surface area contributed by atoms with Gasteiger partial charge in [-0.25, -0.2) is 4.98 Å². The molecule has 1 heterocycles. The van der Waals surface area contributed by atoms with Crippen LogP contribution < -0.4 is 5.32 Å². The van der Waals surface area contributed by atoms with Crippen molar-refractivity contribution in [1.29, 1.82) is 0 Å². The largest absolute Gasteiger partial charge is 0.412 e. The molecule has 0 bridgehead atoms. The molecule has 3 N–H and O–H groups in total. The second kappa shape index (κ2) is 7.32. The Morgan fingerprint density at radius 2 is 1.96 bits per heavy atom. The zero-order chi connectivity index (χ0) is 17.3. The van der Waals surface area contributed by atoms with Crippen LogP contribution in [-0.4, -0.2) is 20.4 Å². The zero-order valence-corrected chi connectivity index (χ0v) is 14.0. The second-order valence-corrected chi connectivity index (χ2v) is 5.51. The van der Waals surface area contributed by atoms with Gasteiger partial charge in [0.25, 0.3) is 5.69 Å². The van der Waals surface area contributed by atoms with Crippen molar-refractivity contribution >= 4 is 51.3 Å². The molecule has 0 spiro atoms. The molecule has 0 radical (unpaired) electrons. The maximum absolute atomic E-state index is 11.1. The summed E-state index contributed by atoms with van der Waals surface area (Å²) in [5.41, 5.74) is 1.49. The Morgan fingerprint density at radius 1 is 1.20 bits per heavy atom. The van der Waals surface area contributed by atoms with Crippen molar-refractivity contribution in [2.24, 2.45) is 0 Å². The third-order valence-corrected chi connectivity index (χ3v) is 3.70. The number of hydrogen-bond donors (Lipinski definition) is 1. The fourth-order valence-electron chi connectivity index (χ4n) is 2.17. The van der Waals surface area contributed by atoms with Crippen LogP contribution in [0.5, 0.6) is 0 Å². The predicted octanol–water partition coefficient (Wildman–Crippen LogP) is 3.75. The summed E-state index contributed by atoms with van der Waals surface area (Å²) in [7, 11) is 0. The molecule has 9 heteroatoms. The van der Waals surface area contributed by atoms with Gasteiger partial charge >= 0.3 is 0 Å². The number of halogens is 2. The minimum absolute atomic E-state index is 0. The van der Waals surface area contributed by atoms with E-state index in [0.717, 1.165) is 0 Å². The summed E-state index contributed by atoms with van der Waals surface area (Å²) in [6.45, 7) is 0. The van der Waals surface area contributed by atoms with E-state index < -0.39 is 4.92 Å². The van der Waals surface area contributed by atoms with Crippen molar-refractivity contribution in [3.8, 4) is 12.3 Å². The number of nitrogens with one attached hydrogen (secondary N) is 1. The lowest BCUT2D eigenvalue weighted by atomic mass is 10.2. The van der Waals surface area contributed by atoms with Crippen molar-refractivity contribution in [1.82, 2.24) is 9.97 Å². The van der Waals surface area contributed by atoms with Gasteiger partial charge in [-0.15, -0.1) is 6.42 Å². The van der Waals surface area contributed by atoms with Gasteiger partial charge in [0.05, 0.1) is 15.8 Å². The summed E-state index contributed by atoms with van der Waals surface area (Å²) < 4.78 is 0. The normalized spacial score (nSPS) is 9.96. The highest BCUT2D eigenvalue weighted by molar-refractivity contribution is 6.33. The summed E-state index contributed by atoms with van der Waals surface area (Å²) in [6.07, 6.45) is 5.38. The molecule has 0 atom stereocenters. The lowest BCUT2D eigenvalue weighted by Gasteiger charge is -2.10. The van der Waals surface area contributed by atoms with Crippen LogP contribution in [0.15, 0.2) is 36.4 Å². The van der Waals surface area contributed by atoms with E-state index in [-0.39, 0.29) is 21.5 Å². The number of anilines is 2. The van der Waals surface area contributed by atoms with E-state index in [9.17, 15) is 10.1 Å². The van der Waals surface area contributed by atoms with E-state index in [1.54, 1.807) is 24.3 Å². The summed E-state index contributed by atoms with van der Waals surface area (Å²) in [6, 6.07) is 9.77. The van der Waals surface area contributed by atoms with Crippen molar-refractivity contribution in [2.75, 3.05) is 5.32 Å². The minimum Gasteiger partial charge on any atom is -0.412 e. The van der Waals surface area contributed by atoms with Gasteiger partial charge in [0.15, 0.2) is 0 Å². The Bertz CT molecular complexity index is 1020. The highest BCUT2D eigenvalue weighted by Gasteiger charge is 2.17. The van der Waals surface area contributed by atoms with E-state index in [1.165, 1.54) is 12.1 Å². The molecule has 0 aliphatic heterocycles. The number of rotatable bonds is 3. The number of hydrogen-bond acceptors (Lipinski definition) is 5. The molecular weight excluding hydrogens is 367 g/mol. The number of benzene rings is 2. The Kier molecular flexibility index (Phi) is 5.39. The number of nitro benzene ring substituents is 1. The van der Waals surface area contributed by atoms with Crippen molar-refractivity contribution in [3.05, 3.63) is 62.4 Å². The van der Waals surface area contributed by atoms with Gasteiger partial charge in [-0.3, -0.25) is 10.1 Å². The first-order chi connectivity index (χ1) is 11.5. The lowest BCUT2D eigenvalue weighted by Crippen LogP contribution is -1.99. The van der Waals surface area contributed by atoms with Gasteiger partial charge in [-0.05, 0) is 35.9 Å². The van der Waals surface area contributed by atoms with E-state index in [0.29, 0.717) is 28.0 Å². The van der Waals surface area contributed by atoms with Crippen LogP contribution in [0.4, 0.5) is 17.2 Å². The first-order valence-corrected chi connectivity index (χ1v) is 7.38.